The topological polar surface area (TPSA) is 38.7 Å². The van der Waals surface area contributed by atoms with Crippen LogP contribution < -0.4 is 0 Å². The van der Waals surface area contributed by atoms with Crippen molar-refractivity contribution in [2.45, 2.75) is 0 Å². The van der Waals surface area contributed by atoms with Crippen LogP contribution in [0.4, 0.5) is 0 Å². The van der Waals surface area contributed by atoms with E-state index in [4.69, 9.17) is 15.0 Å². The summed E-state index contributed by atoms with van der Waals surface area (Å²) in [5.41, 5.74) is 20.0. The highest BCUT2D eigenvalue weighted by Crippen LogP contribution is 2.52. The molecule has 11 aromatic rings. The number of benzene rings is 10. The van der Waals surface area contributed by atoms with Crippen molar-refractivity contribution >= 4 is 21.5 Å². The van der Waals surface area contributed by atoms with Crippen LogP contribution in [0.1, 0.15) is 0 Å². The molecule has 62 heavy (non-hydrogen) atoms. The second kappa shape index (κ2) is 13.6. The largest absolute Gasteiger partial charge is 0.208 e. The van der Waals surface area contributed by atoms with Gasteiger partial charge in [0, 0.05) is 16.7 Å². The van der Waals surface area contributed by atoms with Crippen molar-refractivity contribution in [3.63, 3.8) is 0 Å². The van der Waals surface area contributed by atoms with E-state index in [-0.39, 0.29) is 0 Å². The lowest BCUT2D eigenvalue weighted by atomic mass is 9.89. The number of fused-ring (bicyclic) bond motifs is 6. The summed E-state index contributed by atoms with van der Waals surface area (Å²) in [6.45, 7) is 0. The Morgan fingerprint density at radius 2 is 0.516 bits per heavy atom. The van der Waals surface area contributed by atoms with Crippen LogP contribution in [0.3, 0.4) is 0 Å². The van der Waals surface area contributed by atoms with Gasteiger partial charge >= 0.3 is 0 Å². The van der Waals surface area contributed by atoms with Gasteiger partial charge in [0.2, 0.25) is 0 Å². The molecule has 0 unspecified atom stereocenters. The minimum Gasteiger partial charge on any atom is -0.208 e. The van der Waals surface area contributed by atoms with Crippen LogP contribution in [0.2, 0.25) is 0 Å². The highest BCUT2D eigenvalue weighted by molar-refractivity contribution is 6.20. The molecule has 0 atom stereocenters. The average molecular weight is 786 g/mol. The van der Waals surface area contributed by atoms with E-state index in [1.54, 1.807) is 0 Å². The molecule has 0 aliphatic heterocycles. The first-order valence-electron chi connectivity index (χ1n) is 21.2. The maximum absolute atomic E-state index is 5.30. The van der Waals surface area contributed by atoms with Crippen LogP contribution >= 0.6 is 0 Å². The highest BCUT2D eigenvalue weighted by Gasteiger charge is 2.25. The monoisotopic (exact) mass is 785 g/mol. The maximum atomic E-state index is 5.30. The minimum absolute atomic E-state index is 0.626. The molecule has 1 aromatic heterocycles. The first kappa shape index (κ1) is 34.6. The second-order valence-corrected chi connectivity index (χ2v) is 16.3. The third-order valence-electron chi connectivity index (χ3n) is 12.8. The first-order valence-corrected chi connectivity index (χ1v) is 21.2. The Hall–Kier alpha value is -8.27. The Labute approximate surface area is 359 Å². The van der Waals surface area contributed by atoms with Gasteiger partial charge in [0.15, 0.2) is 17.5 Å². The molecule has 0 spiro atoms. The molecule has 286 valence electrons. The van der Waals surface area contributed by atoms with E-state index >= 15 is 0 Å². The lowest BCUT2D eigenvalue weighted by molar-refractivity contribution is 1.07. The molecular formula is C59H35N3. The summed E-state index contributed by atoms with van der Waals surface area (Å²) in [6.07, 6.45) is 0. The molecule has 2 aliphatic rings. The van der Waals surface area contributed by atoms with E-state index in [1.165, 1.54) is 82.7 Å². The van der Waals surface area contributed by atoms with Gasteiger partial charge in [0.05, 0.1) is 0 Å². The molecule has 0 saturated carbocycles. The Bertz CT molecular complexity index is 3400. The summed E-state index contributed by atoms with van der Waals surface area (Å²) in [7, 11) is 0. The van der Waals surface area contributed by atoms with Gasteiger partial charge in [-0.25, -0.2) is 15.0 Å². The molecule has 0 radical (unpaired) electrons. The van der Waals surface area contributed by atoms with Crippen LogP contribution in [-0.4, -0.2) is 15.0 Å². The highest BCUT2D eigenvalue weighted by atomic mass is 15.0. The molecule has 0 bridgehead atoms. The average Bonchev–Trinajstić information content (AvgIpc) is 3.86. The van der Waals surface area contributed by atoms with Gasteiger partial charge in [0.1, 0.15) is 0 Å². The van der Waals surface area contributed by atoms with Gasteiger partial charge in [-0.2, -0.15) is 0 Å². The summed E-state index contributed by atoms with van der Waals surface area (Å²) >= 11 is 0. The normalized spacial score (nSPS) is 11.9. The van der Waals surface area contributed by atoms with Crippen molar-refractivity contribution < 1.29 is 0 Å². The number of aromatic nitrogens is 3. The molecule has 0 amide bonds. The third kappa shape index (κ3) is 5.35. The number of hydrogen-bond acceptors (Lipinski definition) is 3. The number of rotatable bonds is 6. The van der Waals surface area contributed by atoms with Gasteiger partial charge in [-0.15, -0.1) is 0 Å². The van der Waals surface area contributed by atoms with Crippen LogP contribution in [0.5, 0.6) is 0 Å². The molecule has 3 nitrogen and oxygen atoms in total. The summed E-state index contributed by atoms with van der Waals surface area (Å²) in [5.74, 6) is 1.89. The van der Waals surface area contributed by atoms with E-state index in [1.807, 2.05) is 24.3 Å². The molecular weight excluding hydrogens is 751 g/mol. The molecule has 0 fully saturated rings. The fourth-order valence-corrected chi connectivity index (χ4v) is 9.98. The van der Waals surface area contributed by atoms with Crippen LogP contribution in [0, 0.1) is 0 Å². The van der Waals surface area contributed by atoms with E-state index in [0.717, 1.165) is 33.4 Å². The third-order valence-corrected chi connectivity index (χ3v) is 12.8. The van der Waals surface area contributed by atoms with Gasteiger partial charge in [-0.05, 0) is 118 Å². The van der Waals surface area contributed by atoms with Gasteiger partial charge < -0.3 is 0 Å². The maximum Gasteiger partial charge on any atom is 0.164 e. The SMILES string of the molecule is c1ccc(-c2ccc(-c3nc(-c4ccccc4)nc(-c4cc(-c5ccc6c7c(cccc57)-c5ccccc5-6)cc(-c5ccc6c7c(cccc57)-c5ccccc5-6)c4)n3)cc2)cc1. The van der Waals surface area contributed by atoms with E-state index < -0.39 is 0 Å². The molecule has 0 N–H and O–H groups in total. The lowest BCUT2D eigenvalue weighted by Gasteiger charge is -2.16. The van der Waals surface area contributed by atoms with Crippen LogP contribution in [0.25, 0.3) is 134 Å². The fourth-order valence-electron chi connectivity index (χ4n) is 9.98. The summed E-state index contributed by atoms with van der Waals surface area (Å²) in [6, 6.07) is 76.4. The van der Waals surface area contributed by atoms with E-state index in [2.05, 4.69) is 188 Å². The quantitative estimate of drug-likeness (QED) is 0.169. The zero-order valence-electron chi connectivity index (χ0n) is 33.5. The lowest BCUT2D eigenvalue weighted by Crippen LogP contribution is -2.00. The van der Waals surface area contributed by atoms with Crippen molar-refractivity contribution in [2.75, 3.05) is 0 Å². The molecule has 2 aliphatic carbocycles. The predicted octanol–water partition coefficient (Wildman–Crippen LogP) is 15.5. The van der Waals surface area contributed by atoms with Crippen LogP contribution in [-0.2, 0) is 0 Å². The molecule has 1 heterocycles. The molecule has 10 aromatic carbocycles. The minimum atomic E-state index is 0.626. The summed E-state index contributed by atoms with van der Waals surface area (Å²) in [5, 5.41) is 5.06. The smallest absolute Gasteiger partial charge is 0.164 e. The number of nitrogens with zero attached hydrogens (tertiary/aromatic N) is 3. The Morgan fingerprint density at radius 1 is 0.194 bits per heavy atom. The molecule has 0 saturated heterocycles. The molecule has 3 heteroatoms. The predicted molar refractivity (Wildman–Crippen MR) is 256 cm³/mol. The standard InChI is InChI=1S/C59H35N3/c1-3-13-36(14-4-1)37-25-27-39(28-26-37)58-60-57(38-15-5-2-6-16-38)61-59(62-58)42-34-40(43-29-31-53-47-19-9-7-17-45(47)51-23-11-21-49(43)55(51)53)33-41(35-42)44-30-32-54-48-20-10-8-18-46(48)52-24-12-22-50(44)56(52)54/h1-35H. The van der Waals surface area contributed by atoms with Crippen molar-refractivity contribution in [1.82, 2.24) is 15.0 Å². The van der Waals surface area contributed by atoms with Crippen LogP contribution in [0.15, 0.2) is 212 Å². The van der Waals surface area contributed by atoms with Crippen molar-refractivity contribution in [3.8, 4) is 112 Å². The molecule has 13 rings (SSSR count). The van der Waals surface area contributed by atoms with E-state index in [9.17, 15) is 0 Å². The van der Waals surface area contributed by atoms with Gasteiger partial charge in [-0.3, -0.25) is 0 Å². The Balaban J connectivity index is 1.05. The Kier molecular flexibility index (Phi) is 7.60. The Morgan fingerprint density at radius 3 is 1.00 bits per heavy atom. The van der Waals surface area contributed by atoms with Gasteiger partial charge in [0.25, 0.3) is 0 Å². The van der Waals surface area contributed by atoms with E-state index in [0.29, 0.717) is 17.5 Å². The number of hydrogen-bond donors (Lipinski definition) is 0. The second-order valence-electron chi connectivity index (χ2n) is 16.3. The summed E-state index contributed by atoms with van der Waals surface area (Å²) < 4.78 is 0. The van der Waals surface area contributed by atoms with Crippen molar-refractivity contribution in [2.24, 2.45) is 0 Å². The zero-order chi connectivity index (χ0) is 40.7. The zero-order valence-corrected chi connectivity index (χ0v) is 33.5. The fraction of sp³-hybridized carbons (Fsp3) is 0. The first-order chi connectivity index (χ1) is 30.7. The summed E-state index contributed by atoms with van der Waals surface area (Å²) in [4.78, 5) is 15.7. The van der Waals surface area contributed by atoms with Crippen molar-refractivity contribution in [1.29, 1.82) is 0 Å². The van der Waals surface area contributed by atoms with Crippen molar-refractivity contribution in [3.05, 3.63) is 212 Å². The van der Waals surface area contributed by atoms with Gasteiger partial charge in [-0.1, -0.05) is 194 Å².